The normalized spacial score (nSPS) is 19.4. The summed E-state index contributed by atoms with van der Waals surface area (Å²) in [5.74, 6) is 0.322. The summed E-state index contributed by atoms with van der Waals surface area (Å²) in [7, 11) is -2.34. The number of hydrogen-bond acceptors (Lipinski definition) is 4. The molecule has 0 radical (unpaired) electrons. The fourth-order valence-corrected chi connectivity index (χ4v) is 5.32. The lowest BCUT2D eigenvalue weighted by molar-refractivity contribution is 0.159. The summed E-state index contributed by atoms with van der Waals surface area (Å²) in [5.41, 5.74) is 5.99. The summed E-state index contributed by atoms with van der Waals surface area (Å²) < 4.78 is 29.2. The zero-order valence-corrected chi connectivity index (χ0v) is 15.8. The van der Waals surface area contributed by atoms with E-state index < -0.39 is 10.0 Å². The van der Waals surface area contributed by atoms with E-state index in [0.717, 1.165) is 37.1 Å². The van der Waals surface area contributed by atoms with Gasteiger partial charge in [-0.1, -0.05) is 18.2 Å². The highest BCUT2D eigenvalue weighted by Gasteiger charge is 2.35. The van der Waals surface area contributed by atoms with Crippen molar-refractivity contribution in [2.45, 2.75) is 30.3 Å². The summed E-state index contributed by atoms with van der Waals surface area (Å²) >= 11 is 0. The van der Waals surface area contributed by atoms with Gasteiger partial charge in [-0.3, -0.25) is 4.90 Å². The minimum atomic E-state index is -3.82. The van der Waals surface area contributed by atoms with Gasteiger partial charge < -0.3 is 9.72 Å². The van der Waals surface area contributed by atoms with E-state index in [2.05, 4.69) is 28.1 Å². The lowest BCUT2D eigenvalue weighted by Crippen LogP contribution is -2.39. The van der Waals surface area contributed by atoms with Crippen molar-refractivity contribution in [1.82, 2.24) is 9.88 Å². The zero-order chi connectivity index (χ0) is 18.8. The van der Waals surface area contributed by atoms with Crippen molar-refractivity contribution in [3.63, 3.8) is 0 Å². The van der Waals surface area contributed by atoms with Crippen molar-refractivity contribution in [2.24, 2.45) is 5.14 Å². The third-order valence-electron chi connectivity index (χ3n) is 5.86. The third kappa shape index (κ3) is 2.57. The second-order valence-electron chi connectivity index (χ2n) is 7.31. The zero-order valence-electron chi connectivity index (χ0n) is 15.0. The molecule has 0 fully saturated rings. The summed E-state index contributed by atoms with van der Waals surface area (Å²) in [6, 6.07) is 12.2. The molecule has 0 spiro atoms. The van der Waals surface area contributed by atoms with E-state index in [1.165, 1.54) is 29.3 Å². The number of rotatable bonds is 2. The second-order valence-corrected chi connectivity index (χ2v) is 8.84. The summed E-state index contributed by atoms with van der Waals surface area (Å²) in [5, 5.41) is 6.66. The number of nitrogens with two attached hydrogens (primary N) is 1. The molecule has 3 N–H and O–H groups in total. The molecule has 0 bridgehead atoms. The number of sulfonamides is 1. The van der Waals surface area contributed by atoms with Crippen molar-refractivity contribution in [3.8, 4) is 5.75 Å². The Balaban J connectivity index is 1.64. The molecule has 5 rings (SSSR count). The van der Waals surface area contributed by atoms with Gasteiger partial charge in [-0.25, -0.2) is 13.6 Å². The Labute approximate surface area is 158 Å². The van der Waals surface area contributed by atoms with E-state index in [1.807, 2.05) is 12.1 Å². The number of hydrogen-bond donors (Lipinski definition) is 2. The number of H-pyrrole nitrogens is 1. The van der Waals surface area contributed by atoms with Crippen LogP contribution in [0, 0.1) is 0 Å². The van der Waals surface area contributed by atoms with Crippen LogP contribution in [0.3, 0.4) is 0 Å². The smallest absolute Gasteiger partial charge is 0.241 e. The highest BCUT2D eigenvalue weighted by atomic mass is 32.2. The summed E-state index contributed by atoms with van der Waals surface area (Å²) in [6.45, 7) is 1.76. The molecule has 0 saturated carbocycles. The summed E-state index contributed by atoms with van der Waals surface area (Å²) in [6.07, 6.45) is 1.69. The van der Waals surface area contributed by atoms with Crippen LogP contribution >= 0.6 is 0 Å². The van der Waals surface area contributed by atoms with Crippen molar-refractivity contribution in [1.29, 1.82) is 0 Å². The Morgan fingerprint density at radius 1 is 1.26 bits per heavy atom. The van der Waals surface area contributed by atoms with Crippen molar-refractivity contribution < 1.29 is 13.2 Å². The Kier molecular flexibility index (Phi) is 3.62. The van der Waals surface area contributed by atoms with E-state index in [4.69, 9.17) is 9.88 Å². The predicted molar refractivity (Wildman–Crippen MR) is 103 cm³/mol. The van der Waals surface area contributed by atoms with Gasteiger partial charge in [0.15, 0.2) is 0 Å². The quantitative estimate of drug-likeness (QED) is 0.712. The molecular formula is C20H21N3O3S. The van der Waals surface area contributed by atoms with Crippen LogP contribution in [0.1, 0.15) is 28.4 Å². The Bertz CT molecular complexity index is 1170. The maximum atomic E-state index is 11.9. The number of benzene rings is 2. The average Bonchev–Trinajstić information content (AvgIpc) is 3.02. The van der Waals surface area contributed by atoms with Gasteiger partial charge in [-0.2, -0.15) is 0 Å². The summed E-state index contributed by atoms with van der Waals surface area (Å²) in [4.78, 5) is 6.09. The molecule has 6 nitrogen and oxygen atoms in total. The highest BCUT2D eigenvalue weighted by Crippen LogP contribution is 2.42. The predicted octanol–water partition coefficient (Wildman–Crippen LogP) is 2.48. The minimum Gasteiger partial charge on any atom is -0.495 e. The monoisotopic (exact) mass is 383 g/mol. The second kappa shape index (κ2) is 5.82. The van der Waals surface area contributed by atoms with Crippen molar-refractivity contribution in [2.75, 3.05) is 13.7 Å². The van der Waals surface area contributed by atoms with E-state index in [1.54, 1.807) is 6.07 Å². The fraction of sp³-hybridized carbons (Fsp3) is 0.300. The molecule has 0 unspecified atom stereocenters. The molecule has 3 heterocycles. The van der Waals surface area contributed by atoms with Crippen LogP contribution < -0.4 is 9.88 Å². The van der Waals surface area contributed by atoms with Crippen molar-refractivity contribution >= 4 is 20.9 Å². The van der Waals surface area contributed by atoms with Crippen LogP contribution in [0.2, 0.25) is 0 Å². The molecular weight excluding hydrogens is 362 g/mol. The molecule has 0 amide bonds. The molecule has 1 aromatic heterocycles. The molecule has 2 aliphatic heterocycles. The Morgan fingerprint density at radius 3 is 2.85 bits per heavy atom. The molecule has 2 aliphatic rings. The number of nitrogens with one attached hydrogen (secondary N) is 1. The molecule has 0 aliphatic carbocycles. The maximum absolute atomic E-state index is 11.9. The lowest BCUT2D eigenvalue weighted by Gasteiger charge is -2.40. The van der Waals surface area contributed by atoms with Gasteiger partial charge in [0.1, 0.15) is 10.6 Å². The van der Waals surface area contributed by atoms with Gasteiger partial charge in [0.05, 0.1) is 7.11 Å². The average molecular weight is 383 g/mol. The molecule has 2 aromatic carbocycles. The van der Waals surface area contributed by atoms with Crippen LogP contribution in [0.5, 0.6) is 5.75 Å². The van der Waals surface area contributed by atoms with Gasteiger partial charge >= 0.3 is 0 Å². The number of nitrogens with zero attached hydrogens (tertiary/aromatic N) is 1. The first kappa shape index (κ1) is 16.8. The van der Waals surface area contributed by atoms with Crippen molar-refractivity contribution in [3.05, 3.63) is 58.8 Å². The first-order valence-electron chi connectivity index (χ1n) is 9.02. The molecule has 27 heavy (non-hydrogen) atoms. The van der Waals surface area contributed by atoms with E-state index in [-0.39, 0.29) is 10.9 Å². The van der Waals surface area contributed by atoms with Gasteiger partial charge in [-0.15, -0.1) is 0 Å². The van der Waals surface area contributed by atoms with Gasteiger partial charge in [0.2, 0.25) is 10.0 Å². The topological polar surface area (TPSA) is 88.4 Å². The van der Waals surface area contributed by atoms with Gasteiger partial charge in [-0.05, 0) is 47.7 Å². The molecule has 3 aromatic rings. The van der Waals surface area contributed by atoms with Gasteiger partial charge in [0.25, 0.3) is 0 Å². The van der Waals surface area contributed by atoms with Crippen LogP contribution in [0.4, 0.5) is 0 Å². The van der Waals surface area contributed by atoms with E-state index >= 15 is 0 Å². The number of ether oxygens (including phenoxy) is 1. The minimum absolute atomic E-state index is 0.0702. The van der Waals surface area contributed by atoms with Crippen LogP contribution in [0.25, 0.3) is 10.9 Å². The molecule has 0 saturated heterocycles. The SMILES string of the molecule is COc1cc2c(cc1S(N)(=O)=O)CCN1Cc3[nH]c4ccccc4c3C[C@@H]21. The van der Waals surface area contributed by atoms with E-state index in [9.17, 15) is 8.42 Å². The number of aromatic amines is 1. The van der Waals surface area contributed by atoms with Crippen LogP contribution in [-0.2, 0) is 29.4 Å². The molecule has 7 heteroatoms. The van der Waals surface area contributed by atoms with Crippen LogP contribution in [0.15, 0.2) is 41.3 Å². The van der Waals surface area contributed by atoms with Crippen LogP contribution in [-0.4, -0.2) is 32.0 Å². The number of fused-ring (bicyclic) bond motifs is 6. The number of para-hydroxylation sites is 1. The Morgan fingerprint density at radius 2 is 2.07 bits per heavy atom. The first-order chi connectivity index (χ1) is 13.0. The number of aromatic nitrogens is 1. The Hall–Kier alpha value is -2.35. The highest BCUT2D eigenvalue weighted by molar-refractivity contribution is 7.89. The fourth-order valence-electron chi connectivity index (χ4n) is 4.59. The number of methoxy groups -OCH3 is 1. The molecule has 1 atom stereocenters. The first-order valence-corrected chi connectivity index (χ1v) is 10.6. The van der Waals surface area contributed by atoms with Gasteiger partial charge in [0, 0.05) is 35.7 Å². The third-order valence-corrected chi connectivity index (χ3v) is 6.79. The standard InChI is InChI=1S/C20H21N3O3S/c1-26-19-10-14-12(8-20(19)27(21,24)25)6-7-23-11-17-15(9-18(14)23)13-4-2-3-5-16(13)22-17/h2-5,8,10,18,22H,6-7,9,11H2,1H3,(H2,21,24,25)/t18-/m0/s1. The maximum Gasteiger partial charge on any atom is 0.241 e. The largest absolute Gasteiger partial charge is 0.495 e. The van der Waals surface area contributed by atoms with E-state index in [0.29, 0.717) is 5.75 Å². The molecule has 140 valence electrons. The lowest BCUT2D eigenvalue weighted by atomic mass is 9.85. The number of primary sulfonamides is 1.